The summed E-state index contributed by atoms with van der Waals surface area (Å²) in [5.41, 5.74) is 0.510. The topological polar surface area (TPSA) is 57.8 Å². The SMILES string of the molecule is CC1(C)CCN(c2nc3sccn3c2C(=O)O)C1. The predicted molar refractivity (Wildman–Crippen MR) is 70.6 cm³/mol. The molecule has 0 unspecified atom stereocenters. The maximum atomic E-state index is 11.4. The molecular weight excluding hydrogens is 250 g/mol. The molecule has 2 aromatic heterocycles. The van der Waals surface area contributed by atoms with Crippen LogP contribution in [-0.4, -0.2) is 33.6 Å². The van der Waals surface area contributed by atoms with Gasteiger partial charge in [-0.05, 0) is 11.8 Å². The van der Waals surface area contributed by atoms with Crippen molar-refractivity contribution in [3.05, 3.63) is 17.3 Å². The van der Waals surface area contributed by atoms with Gasteiger partial charge in [0, 0.05) is 24.7 Å². The van der Waals surface area contributed by atoms with Gasteiger partial charge in [0.1, 0.15) is 0 Å². The quantitative estimate of drug-likeness (QED) is 0.905. The average Bonchev–Trinajstić information content (AvgIpc) is 2.88. The van der Waals surface area contributed by atoms with Crippen molar-refractivity contribution in [3.63, 3.8) is 0 Å². The Morgan fingerprint density at radius 2 is 2.33 bits per heavy atom. The first kappa shape index (κ1) is 11.5. The molecular formula is C12H15N3O2S. The number of anilines is 1. The van der Waals surface area contributed by atoms with E-state index in [4.69, 9.17) is 0 Å². The van der Waals surface area contributed by atoms with Crippen molar-refractivity contribution in [2.45, 2.75) is 20.3 Å². The Morgan fingerprint density at radius 3 is 2.94 bits per heavy atom. The summed E-state index contributed by atoms with van der Waals surface area (Å²) in [5, 5.41) is 11.2. The van der Waals surface area contributed by atoms with Crippen molar-refractivity contribution in [1.82, 2.24) is 9.38 Å². The highest BCUT2D eigenvalue weighted by molar-refractivity contribution is 7.15. The molecule has 3 rings (SSSR count). The normalized spacial score (nSPS) is 18.7. The van der Waals surface area contributed by atoms with Crippen LogP contribution in [0.5, 0.6) is 0 Å². The molecule has 0 aliphatic carbocycles. The van der Waals surface area contributed by atoms with Gasteiger partial charge in [-0.1, -0.05) is 13.8 Å². The third-order valence-electron chi connectivity index (χ3n) is 3.42. The minimum absolute atomic E-state index is 0.229. The van der Waals surface area contributed by atoms with E-state index in [9.17, 15) is 9.90 Å². The van der Waals surface area contributed by atoms with Gasteiger partial charge in [-0.15, -0.1) is 11.3 Å². The number of hydrogen-bond donors (Lipinski definition) is 1. The Hall–Kier alpha value is -1.56. The second-order valence-electron chi connectivity index (χ2n) is 5.48. The summed E-state index contributed by atoms with van der Waals surface area (Å²) in [4.78, 5) is 18.7. The Morgan fingerprint density at radius 1 is 1.56 bits per heavy atom. The second kappa shape index (κ2) is 3.71. The second-order valence-corrected chi connectivity index (χ2v) is 6.35. The predicted octanol–water partition coefficient (Wildman–Crippen LogP) is 2.33. The molecule has 1 saturated heterocycles. The number of aromatic nitrogens is 2. The molecule has 0 amide bonds. The molecule has 3 heterocycles. The lowest BCUT2D eigenvalue weighted by molar-refractivity contribution is 0.0690. The van der Waals surface area contributed by atoms with Crippen molar-refractivity contribution < 1.29 is 9.90 Å². The van der Waals surface area contributed by atoms with E-state index in [2.05, 4.69) is 23.7 Å². The molecule has 96 valence electrons. The number of imidazole rings is 1. The fourth-order valence-corrected chi connectivity index (χ4v) is 3.20. The van der Waals surface area contributed by atoms with E-state index in [1.165, 1.54) is 11.3 Å². The largest absolute Gasteiger partial charge is 0.476 e. The molecule has 0 aromatic carbocycles. The number of aromatic carboxylic acids is 1. The maximum absolute atomic E-state index is 11.4. The lowest BCUT2D eigenvalue weighted by Gasteiger charge is -2.19. The Kier molecular flexibility index (Phi) is 2.38. The average molecular weight is 265 g/mol. The molecule has 1 N–H and O–H groups in total. The van der Waals surface area contributed by atoms with E-state index in [0.717, 1.165) is 24.5 Å². The standard InChI is InChI=1S/C12H15N3O2S/c1-12(2)3-4-14(7-12)9-8(10(16)17)15-5-6-18-11(15)13-9/h5-6H,3-4,7H2,1-2H3,(H,16,17). The molecule has 0 bridgehead atoms. The molecule has 6 heteroatoms. The fourth-order valence-electron chi connectivity index (χ4n) is 2.49. The van der Waals surface area contributed by atoms with Crippen LogP contribution >= 0.6 is 11.3 Å². The summed E-state index contributed by atoms with van der Waals surface area (Å²) in [5.74, 6) is -0.305. The zero-order valence-corrected chi connectivity index (χ0v) is 11.2. The van der Waals surface area contributed by atoms with E-state index >= 15 is 0 Å². The zero-order chi connectivity index (χ0) is 12.9. The minimum atomic E-state index is -0.916. The molecule has 0 radical (unpaired) electrons. The van der Waals surface area contributed by atoms with Crippen LogP contribution in [0.25, 0.3) is 4.96 Å². The maximum Gasteiger partial charge on any atom is 0.356 e. The van der Waals surface area contributed by atoms with Gasteiger partial charge in [-0.25, -0.2) is 9.78 Å². The van der Waals surface area contributed by atoms with Gasteiger partial charge < -0.3 is 10.0 Å². The van der Waals surface area contributed by atoms with E-state index in [-0.39, 0.29) is 11.1 Å². The van der Waals surface area contributed by atoms with Gasteiger partial charge in [0.2, 0.25) is 0 Å². The van der Waals surface area contributed by atoms with Crippen molar-refractivity contribution in [2.75, 3.05) is 18.0 Å². The van der Waals surface area contributed by atoms with Crippen LogP contribution in [0.1, 0.15) is 30.8 Å². The molecule has 0 spiro atoms. The summed E-state index contributed by atoms with van der Waals surface area (Å²) in [6.45, 7) is 6.13. The monoisotopic (exact) mass is 265 g/mol. The Bertz CT molecular complexity index is 614. The van der Waals surface area contributed by atoms with Gasteiger partial charge >= 0.3 is 5.97 Å². The van der Waals surface area contributed by atoms with Gasteiger partial charge in [-0.2, -0.15) is 0 Å². The molecule has 18 heavy (non-hydrogen) atoms. The van der Waals surface area contributed by atoms with Crippen LogP contribution in [0.15, 0.2) is 11.6 Å². The van der Waals surface area contributed by atoms with Crippen LogP contribution in [0.2, 0.25) is 0 Å². The van der Waals surface area contributed by atoms with E-state index in [1.807, 2.05) is 5.38 Å². The number of nitrogens with zero attached hydrogens (tertiary/aromatic N) is 3. The first-order chi connectivity index (χ1) is 8.48. The number of carboxylic acids is 1. The van der Waals surface area contributed by atoms with Gasteiger partial charge in [0.05, 0.1) is 0 Å². The molecule has 0 atom stereocenters. The highest BCUT2D eigenvalue weighted by Crippen LogP contribution is 2.34. The van der Waals surface area contributed by atoms with Crippen LogP contribution in [-0.2, 0) is 0 Å². The number of carbonyl (C=O) groups is 1. The first-order valence-corrected chi connectivity index (χ1v) is 6.80. The number of hydrogen-bond acceptors (Lipinski definition) is 4. The first-order valence-electron chi connectivity index (χ1n) is 5.92. The third kappa shape index (κ3) is 1.68. The summed E-state index contributed by atoms with van der Waals surface area (Å²) >= 11 is 1.46. The zero-order valence-electron chi connectivity index (χ0n) is 10.4. The number of thiazole rings is 1. The van der Waals surface area contributed by atoms with E-state index in [1.54, 1.807) is 10.6 Å². The van der Waals surface area contributed by atoms with E-state index in [0.29, 0.717) is 5.82 Å². The van der Waals surface area contributed by atoms with Crippen molar-refractivity contribution in [1.29, 1.82) is 0 Å². The number of rotatable bonds is 2. The molecule has 1 fully saturated rings. The molecule has 0 saturated carbocycles. The fraction of sp³-hybridized carbons (Fsp3) is 0.500. The summed E-state index contributed by atoms with van der Waals surface area (Å²) < 4.78 is 1.66. The van der Waals surface area contributed by atoms with Crippen LogP contribution < -0.4 is 4.90 Å². The minimum Gasteiger partial charge on any atom is -0.476 e. The highest BCUT2D eigenvalue weighted by atomic mass is 32.1. The van der Waals surface area contributed by atoms with Crippen molar-refractivity contribution in [3.8, 4) is 0 Å². The molecule has 1 aliphatic heterocycles. The lowest BCUT2D eigenvalue weighted by Crippen LogP contribution is -2.25. The molecule has 5 nitrogen and oxygen atoms in total. The lowest BCUT2D eigenvalue weighted by atomic mass is 9.93. The highest BCUT2D eigenvalue weighted by Gasteiger charge is 2.33. The van der Waals surface area contributed by atoms with Crippen molar-refractivity contribution >= 4 is 28.1 Å². The Labute approximate surface area is 109 Å². The third-order valence-corrected chi connectivity index (χ3v) is 4.18. The Balaban J connectivity index is 2.09. The van der Waals surface area contributed by atoms with Gasteiger partial charge in [0.15, 0.2) is 16.5 Å². The number of carboxylic acid groups (broad SMARTS) is 1. The summed E-state index contributed by atoms with van der Waals surface area (Å²) in [6.07, 6.45) is 2.83. The number of fused-ring (bicyclic) bond motifs is 1. The van der Waals surface area contributed by atoms with Crippen LogP contribution in [0.3, 0.4) is 0 Å². The molecule has 1 aliphatic rings. The van der Waals surface area contributed by atoms with Crippen LogP contribution in [0.4, 0.5) is 5.82 Å². The van der Waals surface area contributed by atoms with Gasteiger partial charge in [0.25, 0.3) is 0 Å². The molecule has 2 aromatic rings. The van der Waals surface area contributed by atoms with E-state index < -0.39 is 5.97 Å². The van der Waals surface area contributed by atoms with Gasteiger partial charge in [-0.3, -0.25) is 4.40 Å². The summed E-state index contributed by atoms with van der Waals surface area (Å²) in [6, 6.07) is 0. The van der Waals surface area contributed by atoms with Crippen LogP contribution in [0, 0.1) is 5.41 Å². The summed E-state index contributed by atoms with van der Waals surface area (Å²) in [7, 11) is 0. The van der Waals surface area contributed by atoms with Crippen molar-refractivity contribution in [2.24, 2.45) is 5.41 Å². The smallest absolute Gasteiger partial charge is 0.356 e.